The third-order valence-electron chi connectivity index (χ3n) is 2.32. The minimum Gasteiger partial charge on any atom is -0.380 e. The molecule has 0 fully saturated rings. The van der Waals surface area contributed by atoms with Gasteiger partial charge in [-0.1, -0.05) is 29.4 Å². The summed E-state index contributed by atoms with van der Waals surface area (Å²) in [7, 11) is 1.70. The van der Waals surface area contributed by atoms with Crippen molar-refractivity contribution >= 4 is 0 Å². The van der Waals surface area contributed by atoms with Gasteiger partial charge in [-0.05, 0) is 11.1 Å². The fourth-order valence-corrected chi connectivity index (χ4v) is 1.59. The molecule has 0 unspecified atom stereocenters. The number of benzene rings is 1. The van der Waals surface area contributed by atoms with Gasteiger partial charge in [0.2, 0.25) is 6.39 Å². The predicted molar refractivity (Wildman–Crippen MR) is 62.0 cm³/mol. The first-order valence-electron chi connectivity index (χ1n) is 5.41. The molecule has 0 bridgehead atoms. The standard InChI is InChI=1S/C12H15N3O2/c1-16-8-11-4-2-3-10(5-11)6-13-7-12-14-9-17-15-12/h2-5,9,13H,6-8H2,1H3. The van der Waals surface area contributed by atoms with Crippen LogP contribution >= 0.6 is 0 Å². The highest BCUT2D eigenvalue weighted by Crippen LogP contribution is 2.06. The maximum absolute atomic E-state index is 5.09. The molecule has 5 heteroatoms. The Bertz CT molecular complexity index is 443. The Kier molecular flexibility index (Phi) is 4.23. The fourth-order valence-electron chi connectivity index (χ4n) is 1.59. The van der Waals surface area contributed by atoms with Crippen molar-refractivity contribution in [3.8, 4) is 0 Å². The first-order chi connectivity index (χ1) is 8.38. The van der Waals surface area contributed by atoms with Crippen molar-refractivity contribution < 1.29 is 9.26 Å². The molecule has 5 nitrogen and oxygen atoms in total. The molecule has 0 radical (unpaired) electrons. The maximum atomic E-state index is 5.09. The number of ether oxygens (including phenoxy) is 1. The van der Waals surface area contributed by atoms with Crippen LogP contribution in [0.25, 0.3) is 0 Å². The van der Waals surface area contributed by atoms with Crippen LogP contribution in [0.3, 0.4) is 0 Å². The van der Waals surface area contributed by atoms with Crippen LogP contribution in [0.4, 0.5) is 0 Å². The Morgan fingerprint density at radius 3 is 2.94 bits per heavy atom. The number of rotatable bonds is 6. The summed E-state index contributed by atoms with van der Waals surface area (Å²) in [4.78, 5) is 3.93. The molecule has 0 saturated heterocycles. The summed E-state index contributed by atoms with van der Waals surface area (Å²) in [6.45, 7) is 2.01. The van der Waals surface area contributed by atoms with E-state index in [4.69, 9.17) is 4.74 Å². The molecule has 2 aromatic rings. The third kappa shape index (κ3) is 3.65. The molecule has 17 heavy (non-hydrogen) atoms. The number of methoxy groups -OCH3 is 1. The van der Waals surface area contributed by atoms with Crippen LogP contribution < -0.4 is 5.32 Å². The summed E-state index contributed by atoms with van der Waals surface area (Å²) in [6, 6.07) is 8.26. The zero-order chi connectivity index (χ0) is 11.9. The van der Waals surface area contributed by atoms with E-state index in [1.165, 1.54) is 17.5 Å². The van der Waals surface area contributed by atoms with Gasteiger partial charge in [0.1, 0.15) is 0 Å². The molecule has 0 amide bonds. The number of hydrogen-bond acceptors (Lipinski definition) is 5. The molecule has 0 aliphatic rings. The van der Waals surface area contributed by atoms with E-state index < -0.39 is 0 Å². The van der Waals surface area contributed by atoms with Crippen LogP contribution in [0.1, 0.15) is 17.0 Å². The lowest BCUT2D eigenvalue weighted by atomic mass is 10.1. The van der Waals surface area contributed by atoms with Gasteiger partial charge < -0.3 is 14.6 Å². The first-order valence-corrected chi connectivity index (χ1v) is 5.41. The van der Waals surface area contributed by atoms with E-state index in [9.17, 15) is 0 Å². The quantitative estimate of drug-likeness (QED) is 0.819. The molecule has 1 N–H and O–H groups in total. The van der Waals surface area contributed by atoms with Gasteiger partial charge in [-0.2, -0.15) is 4.98 Å². The van der Waals surface area contributed by atoms with Gasteiger partial charge in [-0.15, -0.1) is 0 Å². The van der Waals surface area contributed by atoms with Crippen LogP contribution in [-0.2, 0) is 24.4 Å². The van der Waals surface area contributed by atoms with Gasteiger partial charge >= 0.3 is 0 Å². The molecular formula is C12H15N3O2. The van der Waals surface area contributed by atoms with E-state index >= 15 is 0 Å². The topological polar surface area (TPSA) is 60.2 Å². The summed E-state index contributed by atoms with van der Waals surface area (Å²) < 4.78 is 9.74. The molecule has 90 valence electrons. The molecule has 2 rings (SSSR count). The van der Waals surface area contributed by atoms with Gasteiger partial charge in [0.25, 0.3) is 0 Å². The second-order valence-corrected chi connectivity index (χ2v) is 3.70. The van der Waals surface area contributed by atoms with E-state index in [0.717, 1.165) is 6.54 Å². The summed E-state index contributed by atoms with van der Waals surface area (Å²) in [5.74, 6) is 0.665. The van der Waals surface area contributed by atoms with E-state index in [1.54, 1.807) is 7.11 Å². The van der Waals surface area contributed by atoms with E-state index in [1.807, 2.05) is 12.1 Å². The maximum Gasteiger partial charge on any atom is 0.213 e. The van der Waals surface area contributed by atoms with E-state index in [-0.39, 0.29) is 0 Å². The second kappa shape index (κ2) is 6.12. The van der Waals surface area contributed by atoms with Gasteiger partial charge in [-0.25, -0.2) is 0 Å². The lowest BCUT2D eigenvalue weighted by Gasteiger charge is -2.05. The van der Waals surface area contributed by atoms with Gasteiger partial charge in [0.15, 0.2) is 5.82 Å². The SMILES string of the molecule is COCc1cccc(CNCc2ncon2)c1. The van der Waals surface area contributed by atoms with Crippen molar-refractivity contribution in [1.82, 2.24) is 15.5 Å². The highest BCUT2D eigenvalue weighted by Gasteiger charge is 1.99. The third-order valence-corrected chi connectivity index (χ3v) is 2.32. The van der Waals surface area contributed by atoms with Crippen LogP contribution in [-0.4, -0.2) is 17.3 Å². The molecule has 0 atom stereocenters. The summed E-state index contributed by atoms with van der Waals surface area (Å²) in [5, 5.41) is 6.97. The summed E-state index contributed by atoms with van der Waals surface area (Å²) in [5.41, 5.74) is 2.38. The lowest BCUT2D eigenvalue weighted by Crippen LogP contribution is -2.13. The molecule has 1 aromatic carbocycles. The molecule has 1 aromatic heterocycles. The molecular weight excluding hydrogens is 218 g/mol. The zero-order valence-electron chi connectivity index (χ0n) is 9.72. The average Bonchev–Trinajstić information content (AvgIpc) is 2.83. The molecule has 0 saturated carbocycles. The fraction of sp³-hybridized carbons (Fsp3) is 0.333. The molecule has 0 aliphatic heterocycles. The normalized spacial score (nSPS) is 10.6. The smallest absolute Gasteiger partial charge is 0.213 e. The van der Waals surface area contributed by atoms with Crippen molar-refractivity contribution in [2.45, 2.75) is 19.7 Å². The van der Waals surface area contributed by atoms with Crippen molar-refractivity contribution in [3.63, 3.8) is 0 Å². The van der Waals surface area contributed by atoms with Crippen molar-refractivity contribution in [1.29, 1.82) is 0 Å². The minimum atomic E-state index is 0.602. The number of nitrogens with zero attached hydrogens (tertiary/aromatic N) is 2. The van der Waals surface area contributed by atoms with Gasteiger partial charge in [0.05, 0.1) is 13.2 Å². The van der Waals surface area contributed by atoms with Crippen LogP contribution in [0, 0.1) is 0 Å². The Morgan fingerprint density at radius 1 is 1.29 bits per heavy atom. The van der Waals surface area contributed by atoms with E-state index in [2.05, 4.69) is 32.1 Å². The second-order valence-electron chi connectivity index (χ2n) is 3.70. The number of aromatic nitrogens is 2. The Labute approximate surface area is 99.8 Å². The highest BCUT2D eigenvalue weighted by atomic mass is 16.5. The monoisotopic (exact) mass is 233 g/mol. The Morgan fingerprint density at radius 2 is 2.18 bits per heavy atom. The van der Waals surface area contributed by atoms with Crippen molar-refractivity contribution in [3.05, 3.63) is 47.6 Å². The van der Waals surface area contributed by atoms with Crippen LogP contribution in [0.5, 0.6) is 0 Å². The molecule has 1 heterocycles. The van der Waals surface area contributed by atoms with E-state index in [0.29, 0.717) is 19.0 Å². The average molecular weight is 233 g/mol. The van der Waals surface area contributed by atoms with Crippen molar-refractivity contribution in [2.75, 3.05) is 7.11 Å². The molecule has 0 aliphatic carbocycles. The number of hydrogen-bond donors (Lipinski definition) is 1. The largest absolute Gasteiger partial charge is 0.380 e. The van der Waals surface area contributed by atoms with Gasteiger partial charge in [0, 0.05) is 13.7 Å². The Hall–Kier alpha value is -1.72. The minimum absolute atomic E-state index is 0.602. The zero-order valence-corrected chi connectivity index (χ0v) is 9.72. The Balaban J connectivity index is 1.84. The van der Waals surface area contributed by atoms with Crippen molar-refractivity contribution in [2.24, 2.45) is 0 Å². The van der Waals surface area contributed by atoms with Crippen LogP contribution in [0.2, 0.25) is 0 Å². The first kappa shape index (κ1) is 11.8. The highest BCUT2D eigenvalue weighted by molar-refractivity contribution is 5.22. The molecule has 0 spiro atoms. The lowest BCUT2D eigenvalue weighted by molar-refractivity contribution is 0.185. The van der Waals surface area contributed by atoms with Gasteiger partial charge in [-0.3, -0.25) is 0 Å². The number of nitrogens with one attached hydrogen (secondary N) is 1. The summed E-state index contributed by atoms with van der Waals surface area (Å²) in [6.07, 6.45) is 1.33. The predicted octanol–water partition coefficient (Wildman–Crippen LogP) is 1.51. The van der Waals surface area contributed by atoms with Crippen LogP contribution in [0.15, 0.2) is 35.2 Å². The summed E-state index contributed by atoms with van der Waals surface area (Å²) >= 11 is 0.